The molecule has 1 fully saturated rings. The van der Waals surface area contributed by atoms with Crippen molar-refractivity contribution in [1.82, 2.24) is 4.90 Å². The number of rotatable bonds is 1. The van der Waals surface area contributed by atoms with E-state index in [0.29, 0.717) is 18.8 Å². The lowest BCUT2D eigenvalue weighted by molar-refractivity contribution is -0.123. The number of amides is 1. The summed E-state index contributed by atoms with van der Waals surface area (Å²) in [6.45, 7) is 3.05. The summed E-state index contributed by atoms with van der Waals surface area (Å²) >= 11 is 0. The average Bonchev–Trinajstić information content (AvgIpc) is 2.75. The monoisotopic (exact) mass is 321 g/mol. The molecule has 2 heterocycles. The van der Waals surface area contributed by atoms with Crippen molar-refractivity contribution >= 4 is 26.5 Å². The summed E-state index contributed by atoms with van der Waals surface area (Å²) in [7, 11) is -3.86. The maximum atomic E-state index is 12.7. The number of nitrogens with zero attached hydrogens (tertiary/aromatic N) is 2. The van der Waals surface area contributed by atoms with Crippen LogP contribution in [-0.4, -0.2) is 37.4 Å². The number of carbonyl (C=O) groups is 1. The summed E-state index contributed by atoms with van der Waals surface area (Å²) in [6, 6.07) is 4.96. The molecule has 0 aliphatic carbocycles. The standard InChI is InChI=1S/C15H19N3O3S/c1-11-6-7-13-12(10-11)16-17-14(22(13,20)21)15(19)18-8-4-2-3-5-9-18/h6-7,10,16H,2-5,8-9H2,1H3. The van der Waals surface area contributed by atoms with Gasteiger partial charge in [-0.15, -0.1) is 0 Å². The Morgan fingerprint density at radius 3 is 2.55 bits per heavy atom. The van der Waals surface area contributed by atoms with Crippen molar-refractivity contribution in [1.29, 1.82) is 0 Å². The van der Waals surface area contributed by atoms with E-state index < -0.39 is 20.8 Å². The van der Waals surface area contributed by atoms with E-state index in [4.69, 9.17) is 0 Å². The summed E-state index contributed by atoms with van der Waals surface area (Å²) in [4.78, 5) is 14.3. The summed E-state index contributed by atoms with van der Waals surface area (Å²) in [5, 5.41) is 3.46. The third kappa shape index (κ3) is 2.61. The zero-order valence-electron chi connectivity index (χ0n) is 12.5. The Hall–Kier alpha value is -1.89. The number of nitrogens with one attached hydrogen (secondary N) is 1. The minimum absolute atomic E-state index is 0.117. The molecule has 6 nitrogen and oxygen atoms in total. The van der Waals surface area contributed by atoms with Gasteiger partial charge in [-0.25, -0.2) is 8.42 Å². The number of hydrazone groups is 1. The van der Waals surface area contributed by atoms with Gasteiger partial charge in [0.2, 0.25) is 14.9 Å². The van der Waals surface area contributed by atoms with Crippen LogP contribution in [-0.2, 0) is 14.6 Å². The Balaban J connectivity index is 1.94. The second-order valence-corrected chi connectivity index (χ2v) is 7.57. The smallest absolute Gasteiger partial charge is 0.286 e. The molecule has 0 saturated carbocycles. The number of anilines is 1. The van der Waals surface area contributed by atoms with Crippen LogP contribution in [0, 0.1) is 6.92 Å². The van der Waals surface area contributed by atoms with Crippen LogP contribution in [0.1, 0.15) is 31.2 Å². The van der Waals surface area contributed by atoms with E-state index in [2.05, 4.69) is 10.5 Å². The van der Waals surface area contributed by atoms with Gasteiger partial charge in [0.15, 0.2) is 0 Å². The second kappa shape index (κ2) is 5.72. The predicted octanol–water partition coefficient (Wildman–Crippen LogP) is 1.91. The topological polar surface area (TPSA) is 78.8 Å². The van der Waals surface area contributed by atoms with Crippen molar-refractivity contribution in [2.24, 2.45) is 5.10 Å². The van der Waals surface area contributed by atoms with E-state index in [0.717, 1.165) is 31.2 Å². The summed E-state index contributed by atoms with van der Waals surface area (Å²) in [6.07, 6.45) is 3.96. The van der Waals surface area contributed by atoms with E-state index in [-0.39, 0.29) is 4.90 Å². The first-order valence-electron chi connectivity index (χ1n) is 7.49. The van der Waals surface area contributed by atoms with E-state index in [9.17, 15) is 13.2 Å². The molecule has 0 unspecified atom stereocenters. The van der Waals surface area contributed by atoms with E-state index in [1.165, 1.54) is 6.07 Å². The van der Waals surface area contributed by atoms with E-state index in [1.807, 2.05) is 6.92 Å². The zero-order valence-corrected chi connectivity index (χ0v) is 13.3. The number of hydrogen-bond donors (Lipinski definition) is 1. The third-order valence-electron chi connectivity index (χ3n) is 4.03. The van der Waals surface area contributed by atoms with E-state index >= 15 is 0 Å². The van der Waals surface area contributed by atoms with Crippen molar-refractivity contribution in [2.75, 3.05) is 18.5 Å². The second-order valence-electron chi connectivity index (χ2n) is 5.74. The van der Waals surface area contributed by atoms with Crippen LogP contribution in [0.3, 0.4) is 0 Å². The molecule has 2 aliphatic rings. The van der Waals surface area contributed by atoms with Crippen molar-refractivity contribution in [3.63, 3.8) is 0 Å². The van der Waals surface area contributed by atoms with Crippen LogP contribution in [0.2, 0.25) is 0 Å². The molecule has 0 aromatic heterocycles. The maximum Gasteiger partial charge on any atom is 0.286 e. The Bertz CT molecular complexity index is 732. The number of benzene rings is 1. The molecule has 0 radical (unpaired) electrons. The van der Waals surface area contributed by atoms with Crippen LogP contribution >= 0.6 is 0 Å². The van der Waals surface area contributed by atoms with Crippen molar-refractivity contribution < 1.29 is 13.2 Å². The van der Waals surface area contributed by atoms with Crippen molar-refractivity contribution in [3.05, 3.63) is 23.8 Å². The molecule has 3 rings (SSSR count). The SMILES string of the molecule is Cc1ccc2c(c1)NN=C(C(=O)N1CCCCCC1)S2(=O)=O. The fourth-order valence-electron chi connectivity index (χ4n) is 2.81. The number of fused-ring (bicyclic) bond motifs is 1. The van der Waals surface area contributed by atoms with Gasteiger partial charge in [0, 0.05) is 13.1 Å². The molecule has 7 heteroatoms. The molecule has 1 aromatic carbocycles. The molecule has 0 bridgehead atoms. The van der Waals surface area contributed by atoms with Crippen LogP contribution in [0.25, 0.3) is 0 Å². The molecular formula is C15H19N3O3S. The lowest BCUT2D eigenvalue weighted by Gasteiger charge is -2.23. The molecule has 0 spiro atoms. The molecule has 22 heavy (non-hydrogen) atoms. The van der Waals surface area contributed by atoms with Crippen LogP contribution in [0.4, 0.5) is 5.69 Å². The van der Waals surface area contributed by atoms with Gasteiger partial charge in [0.25, 0.3) is 5.91 Å². The van der Waals surface area contributed by atoms with Gasteiger partial charge in [-0.3, -0.25) is 10.2 Å². The Morgan fingerprint density at radius 1 is 1.18 bits per heavy atom. The van der Waals surface area contributed by atoms with Gasteiger partial charge >= 0.3 is 0 Å². The number of carbonyl (C=O) groups excluding carboxylic acids is 1. The highest BCUT2D eigenvalue weighted by molar-refractivity contribution is 8.08. The first-order valence-corrected chi connectivity index (χ1v) is 8.97. The molecule has 1 N–H and O–H groups in total. The number of aryl methyl sites for hydroxylation is 1. The highest BCUT2D eigenvalue weighted by Gasteiger charge is 2.37. The number of likely N-dealkylation sites (tertiary alicyclic amines) is 1. The first-order chi connectivity index (χ1) is 10.5. The molecular weight excluding hydrogens is 302 g/mol. The summed E-state index contributed by atoms with van der Waals surface area (Å²) in [5.41, 5.74) is 4.06. The molecule has 0 atom stereocenters. The Kier molecular flexibility index (Phi) is 3.90. The Labute approximate surface area is 130 Å². The van der Waals surface area contributed by atoms with Gasteiger partial charge in [-0.1, -0.05) is 18.9 Å². The fourth-order valence-corrected chi connectivity index (χ4v) is 4.19. The summed E-state index contributed by atoms with van der Waals surface area (Å²) < 4.78 is 25.3. The Morgan fingerprint density at radius 2 is 1.86 bits per heavy atom. The number of hydrogen-bond acceptors (Lipinski definition) is 5. The van der Waals surface area contributed by atoms with Gasteiger partial charge in [-0.05, 0) is 37.5 Å². The molecule has 118 valence electrons. The zero-order chi connectivity index (χ0) is 15.7. The van der Waals surface area contributed by atoms with Gasteiger partial charge < -0.3 is 4.90 Å². The van der Waals surface area contributed by atoms with Crippen LogP contribution < -0.4 is 5.43 Å². The average molecular weight is 321 g/mol. The molecule has 1 amide bonds. The number of sulfone groups is 1. The lowest BCUT2D eigenvalue weighted by Crippen LogP contribution is -2.42. The highest BCUT2D eigenvalue weighted by atomic mass is 32.2. The summed E-state index contributed by atoms with van der Waals surface area (Å²) in [5.74, 6) is -0.499. The third-order valence-corrected chi connectivity index (χ3v) is 5.74. The predicted molar refractivity (Wildman–Crippen MR) is 84.5 cm³/mol. The quantitative estimate of drug-likeness (QED) is 0.857. The molecule has 1 aromatic rings. The molecule has 2 aliphatic heterocycles. The fraction of sp³-hybridized carbons (Fsp3) is 0.467. The minimum Gasteiger partial charge on any atom is -0.337 e. The maximum absolute atomic E-state index is 12.7. The van der Waals surface area contributed by atoms with Crippen LogP contribution in [0.15, 0.2) is 28.2 Å². The van der Waals surface area contributed by atoms with Gasteiger partial charge in [0.05, 0.1) is 10.6 Å². The highest BCUT2D eigenvalue weighted by Crippen LogP contribution is 2.29. The normalized spacial score (nSPS) is 20.4. The molecule has 1 saturated heterocycles. The van der Waals surface area contributed by atoms with Crippen LogP contribution in [0.5, 0.6) is 0 Å². The van der Waals surface area contributed by atoms with Gasteiger partial charge in [-0.2, -0.15) is 5.10 Å². The van der Waals surface area contributed by atoms with E-state index in [1.54, 1.807) is 17.0 Å². The van der Waals surface area contributed by atoms with Crippen molar-refractivity contribution in [2.45, 2.75) is 37.5 Å². The minimum atomic E-state index is -3.86. The van der Waals surface area contributed by atoms with Gasteiger partial charge in [0.1, 0.15) is 0 Å². The largest absolute Gasteiger partial charge is 0.337 e. The first kappa shape index (κ1) is 15.0. The van der Waals surface area contributed by atoms with Crippen molar-refractivity contribution in [3.8, 4) is 0 Å². The lowest BCUT2D eigenvalue weighted by atomic mass is 10.2.